The maximum atomic E-state index is 12.9. The zero-order valence-corrected chi connectivity index (χ0v) is 43.7. The number of hydrogen-bond acceptors (Lipinski definition) is 6. The third kappa shape index (κ3) is 37.9. The van der Waals surface area contributed by atoms with Crippen LogP contribution in [0.25, 0.3) is 0 Å². The Morgan fingerprint density at radius 1 is 0.500 bits per heavy atom. The molecule has 7 heteroatoms. The van der Waals surface area contributed by atoms with E-state index >= 15 is 0 Å². The SMILES string of the molecule is CCCCCCCCC(CCCCCCCC)CNC(=O)CCCCCN(CCN(CCCO)CCCCCC(=O)OCC(CCCCCCCC)CCCCCCCC)C1CCC1. The fourth-order valence-electron chi connectivity index (χ4n) is 9.83. The lowest BCUT2D eigenvalue weighted by Gasteiger charge is -2.39. The smallest absolute Gasteiger partial charge is 0.305 e. The second-order valence-electron chi connectivity index (χ2n) is 20.6. The number of nitrogens with zero attached hydrogens (tertiary/aromatic N) is 2. The number of ether oxygens (including phenoxy) is 1. The largest absolute Gasteiger partial charge is 0.465 e. The molecule has 1 fully saturated rings. The number of hydrogen-bond donors (Lipinski definition) is 2. The first-order valence-corrected chi connectivity index (χ1v) is 29.0. The Morgan fingerprint density at radius 3 is 1.42 bits per heavy atom. The van der Waals surface area contributed by atoms with Crippen LogP contribution in [0.3, 0.4) is 0 Å². The Morgan fingerprint density at radius 2 is 0.938 bits per heavy atom. The van der Waals surface area contributed by atoms with Crippen LogP contribution in [0, 0.1) is 11.8 Å². The zero-order chi connectivity index (χ0) is 46.4. The van der Waals surface area contributed by atoms with E-state index in [4.69, 9.17) is 4.74 Å². The normalized spacial score (nSPS) is 13.2. The Balaban J connectivity index is 2.41. The van der Waals surface area contributed by atoms with Crippen molar-refractivity contribution in [2.24, 2.45) is 11.8 Å². The van der Waals surface area contributed by atoms with Gasteiger partial charge < -0.3 is 20.1 Å². The summed E-state index contributed by atoms with van der Waals surface area (Å²) in [6, 6.07) is 0.709. The number of nitrogens with one attached hydrogen (secondary N) is 1. The molecule has 64 heavy (non-hydrogen) atoms. The van der Waals surface area contributed by atoms with E-state index in [1.165, 1.54) is 199 Å². The number of amides is 1. The van der Waals surface area contributed by atoms with Crippen molar-refractivity contribution in [3.63, 3.8) is 0 Å². The summed E-state index contributed by atoms with van der Waals surface area (Å²) in [6.07, 6.45) is 49.2. The summed E-state index contributed by atoms with van der Waals surface area (Å²) in [5.41, 5.74) is 0. The molecule has 2 N–H and O–H groups in total. The summed E-state index contributed by atoms with van der Waals surface area (Å²) >= 11 is 0. The molecule has 0 heterocycles. The van der Waals surface area contributed by atoms with E-state index in [9.17, 15) is 14.7 Å². The number of carbonyl (C=O) groups excluding carboxylic acids is 2. The van der Waals surface area contributed by atoms with E-state index < -0.39 is 0 Å². The summed E-state index contributed by atoms with van der Waals surface area (Å²) in [7, 11) is 0. The van der Waals surface area contributed by atoms with Crippen molar-refractivity contribution in [1.29, 1.82) is 0 Å². The second kappa shape index (κ2) is 46.9. The van der Waals surface area contributed by atoms with Gasteiger partial charge in [0.1, 0.15) is 0 Å². The van der Waals surface area contributed by atoms with Gasteiger partial charge in [0.05, 0.1) is 6.61 Å². The average molecular weight is 905 g/mol. The van der Waals surface area contributed by atoms with Gasteiger partial charge in [-0.2, -0.15) is 0 Å². The third-order valence-electron chi connectivity index (χ3n) is 14.6. The van der Waals surface area contributed by atoms with Gasteiger partial charge in [0.2, 0.25) is 5.91 Å². The number of esters is 1. The summed E-state index contributed by atoms with van der Waals surface area (Å²) in [4.78, 5) is 31.0. The molecular weight excluding hydrogens is 791 g/mol. The van der Waals surface area contributed by atoms with Gasteiger partial charge in [-0.25, -0.2) is 0 Å². The topological polar surface area (TPSA) is 82.1 Å². The number of unbranched alkanes of at least 4 members (excludes halogenated alkanes) is 24. The predicted molar refractivity (Wildman–Crippen MR) is 277 cm³/mol. The highest BCUT2D eigenvalue weighted by atomic mass is 16.5. The Kier molecular flexibility index (Phi) is 44.6. The molecule has 0 saturated heterocycles. The molecule has 0 aromatic carbocycles. The van der Waals surface area contributed by atoms with Crippen LogP contribution in [0.5, 0.6) is 0 Å². The predicted octanol–water partition coefficient (Wildman–Crippen LogP) is 15.5. The van der Waals surface area contributed by atoms with Crippen molar-refractivity contribution in [1.82, 2.24) is 15.1 Å². The molecule has 0 spiro atoms. The highest BCUT2D eigenvalue weighted by Gasteiger charge is 2.25. The van der Waals surface area contributed by atoms with Crippen LogP contribution < -0.4 is 5.32 Å². The van der Waals surface area contributed by atoms with E-state index in [2.05, 4.69) is 42.8 Å². The third-order valence-corrected chi connectivity index (χ3v) is 14.6. The molecule has 1 amide bonds. The van der Waals surface area contributed by atoms with Crippen LogP contribution in [0.15, 0.2) is 0 Å². The molecule has 0 aliphatic heterocycles. The molecule has 380 valence electrons. The summed E-state index contributed by atoms with van der Waals surface area (Å²) in [5, 5.41) is 13.0. The molecule has 1 aliphatic carbocycles. The van der Waals surface area contributed by atoms with Gasteiger partial charge in [-0.15, -0.1) is 0 Å². The molecule has 1 aliphatic rings. The molecule has 0 unspecified atom stereocenters. The molecule has 0 aromatic heterocycles. The van der Waals surface area contributed by atoms with Gasteiger partial charge >= 0.3 is 5.97 Å². The Labute approximate surface area is 399 Å². The fourth-order valence-corrected chi connectivity index (χ4v) is 9.83. The van der Waals surface area contributed by atoms with E-state index in [0.29, 0.717) is 37.3 Å². The summed E-state index contributed by atoms with van der Waals surface area (Å²) in [5.74, 6) is 1.42. The van der Waals surface area contributed by atoms with Crippen molar-refractivity contribution in [3.05, 3.63) is 0 Å². The molecule has 1 saturated carbocycles. The van der Waals surface area contributed by atoms with Crippen molar-refractivity contribution >= 4 is 11.9 Å². The number of carbonyl (C=O) groups is 2. The van der Waals surface area contributed by atoms with Crippen LogP contribution in [-0.2, 0) is 14.3 Å². The van der Waals surface area contributed by atoms with Gasteiger partial charge in [-0.1, -0.05) is 201 Å². The summed E-state index contributed by atoms with van der Waals surface area (Å²) in [6.45, 7) is 16.1. The monoisotopic (exact) mass is 904 g/mol. The Bertz CT molecular complexity index is 960. The lowest BCUT2D eigenvalue weighted by molar-refractivity contribution is -0.145. The molecule has 0 radical (unpaired) electrons. The number of aliphatic hydroxyl groups is 1. The number of rotatable bonds is 51. The fraction of sp³-hybridized carbons (Fsp3) is 0.965. The minimum absolute atomic E-state index is 0.00366. The van der Waals surface area contributed by atoms with Crippen molar-refractivity contribution < 1.29 is 19.4 Å². The van der Waals surface area contributed by atoms with Gasteiger partial charge in [-0.05, 0) is 95.6 Å². The van der Waals surface area contributed by atoms with Crippen molar-refractivity contribution in [2.75, 3.05) is 52.5 Å². The minimum atomic E-state index is -0.00366. The quantitative estimate of drug-likeness (QED) is 0.0467. The molecule has 0 aromatic rings. The molecule has 0 bridgehead atoms. The maximum Gasteiger partial charge on any atom is 0.305 e. The van der Waals surface area contributed by atoms with Gasteiger partial charge in [-0.3, -0.25) is 14.5 Å². The zero-order valence-electron chi connectivity index (χ0n) is 43.7. The van der Waals surface area contributed by atoms with Gasteiger partial charge in [0.25, 0.3) is 0 Å². The standard InChI is InChI=1S/C57H113N3O4/c1-5-9-13-17-21-27-37-53(38-28-22-18-14-10-6-2)51-58-56(62)43-31-25-34-47-60(55-41-35-42-55)49-48-59(46-36-50-61)45-33-26-32-44-57(63)64-52-54(39-29-23-19-15-11-7-3)40-30-24-20-16-12-8-4/h53-55,61H,5-52H2,1-4H3,(H,58,62). The van der Waals surface area contributed by atoms with Crippen LogP contribution in [-0.4, -0.2) is 85.3 Å². The highest BCUT2D eigenvalue weighted by Crippen LogP contribution is 2.26. The van der Waals surface area contributed by atoms with Gasteiger partial charge in [0.15, 0.2) is 0 Å². The van der Waals surface area contributed by atoms with E-state index in [1.54, 1.807) is 0 Å². The maximum absolute atomic E-state index is 12.9. The van der Waals surface area contributed by atoms with Crippen LogP contribution in [0.1, 0.15) is 285 Å². The van der Waals surface area contributed by atoms with E-state index in [0.717, 1.165) is 84.2 Å². The van der Waals surface area contributed by atoms with Crippen molar-refractivity contribution in [2.45, 2.75) is 291 Å². The second-order valence-corrected chi connectivity index (χ2v) is 20.6. The first-order chi connectivity index (χ1) is 31.5. The van der Waals surface area contributed by atoms with Gasteiger partial charge in [0, 0.05) is 51.7 Å². The first kappa shape index (κ1) is 60.8. The minimum Gasteiger partial charge on any atom is -0.465 e. The highest BCUT2D eigenvalue weighted by molar-refractivity contribution is 5.75. The van der Waals surface area contributed by atoms with E-state index in [-0.39, 0.29) is 18.5 Å². The molecular formula is C57H113N3O4. The van der Waals surface area contributed by atoms with Crippen LogP contribution in [0.2, 0.25) is 0 Å². The van der Waals surface area contributed by atoms with E-state index in [1.807, 2.05) is 0 Å². The number of aliphatic hydroxyl groups excluding tert-OH is 1. The Hall–Kier alpha value is -1.18. The van der Waals surface area contributed by atoms with Crippen molar-refractivity contribution in [3.8, 4) is 0 Å². The summed E-state index contributed by atoms with van der Waals surface area (Å²) < 4.78 is 5.90. The first-order valence-electron chi connectivity index (χ1n) is 29.0. The average Bonchev–Trinajstić information content (AvgIpc) is 3.28. The molecule has 1 rings (SSSR count). The lowest BCUT2D eigenvalue weighted by Crippen LogP contribution is -2.45. The van der Waals surface area contributed by atoms with Crippen LogP contribution in [0.4, 0.5) is 0 Å². The van der Waals surface area contributed by atoms with Crippen LogP contribution >= 0.6 is 0 Å². The lowest BCUT2D eigenvalue weighted by atomic mass is 9.91. The molecule has 7 nitrogen and oxygen atoms in total. The molecule has 0 atom stereocenters.